The van der Waals surface area contributed by atoms with Crippen LogP contribution in [0.3, 0.4) is 0 Å². The van der Waals surface area contributed by atoms with Gasteiger partial charge in [-0.2, -0.15) is 0 Å². The number of ether oxygens (including phenoxy) is 2. The van der Waals surface area contributed by atoms with Crippen LogP contribution in [-0.4, -0.2) is 20.2 Å². The van der Waals surface area contributed by atoms with Crippen molar-refractivity contribution >= 4 is 0 Å². The van der Waals surface area contributed by atoms with E-state index < -0.39 is 0 Å². The molecule has 0 saturated heterocycles. The van der Waals surface area contributed by atoms with Gasteiger partial charge < -0.3 is 19.7 Å². The Kier molecular flexibility index (Phi) is 12.5. The van der Waals surface area contributed by atoms with Crippen molar-refractivity contribution in [2.45, 2.75) is 103 Å². The van der Waals surface area contributed by atoms with Crippen molar-refractivity contribution in [2.24, 2.45) is 0 Å². The molecule has 2 N–H and O–H groups in total. The summed E-state index contributed by atoms with van der Waals surface area (Å²) in [6.45, 7) is 9.02. The monoisotopic (exact) mass is 672 g/mol. The highest BCUT2D eigenvalue weighted by molar-refractivity contribution is 5.45. The molecule has 262 valence electrons. The number of aromatic hydroxyl groups is 2. The minimum absolute atomic E-state index is 0.192. The molecule has 0 spiro atoms. The van der Waals surface area contributed by atoms with Gasteiger partial charge in [0.2, 0.25) is 11.8 Å². The highest BCUT2D eigenvalue weighted by atomic mass is 16.5. The first-order valence-corrected chi connectivity index (χ1v) is 18.2. The van der Waals surface area contributed by atoms with E-state index in [0.717, 1.165) is 25.7 Å². The van der Waals surface area contributed by atoms with E-state index in [1.54, 1.807) is 30.3 Å². The Morgan fingerprint density at radius 3 is 1.16 bits per heavy atom. The smallest absolute Gasteiger partial charge is 0.226 e. The zero-order valence-electron chi connectivity index (χ0n) is 30.1. The summed E-state index contributed by atoms with van der Waals surface area (Å²) in [6.07, 6.45) is 13.0. The van der Waals surface area contributed by atoms with Crippen molar-refractivity contribution < 1.29 is 19.7 Å². The number of phenols is 2. The lowest BCUT2D eigenvalue weighted by Crippen LogP contribution is -2.23. The lowest BCUT2D eigenvalue weighted by molar-refractivity contribution is 0.432. The Bertz CT molecular complexity index is 1630. The molecule has 2 atom stereocenters. The average molecular weight is 673 g/mol. The standard InChI is InChI=1S/C44H52N2O4/c1-5-7-9-11-29-43(3,33-13-21-37(47)22-14-33)35-17-25-39(26-18-35)49-41-31-42(46-32-45-41)50-40-27-19-36(20-28-40)44(4,30-12-10-8-6-2)34-15-23-38(48)24-16-34/h13-28,31-32,47-48H,5-12,29-30H2,1-4H3. The number of nitrogens with zero attached hydrogens (tertiary/aromatic N) is 2. The normalized spacial score (nSPS) is 13.7. The van der Waals surface area contributed by atoms with Crippen LogP contribution >= 0.6 is 0 Å². The topological polar surface area (TPSA) is 84.7 Å². The van der Waals surface area contributed by atoms with E-state index in [-0.39, 0.29) is 22.3 Å². The maximum Gasteiger partial charge on any atom is 0.226 e. The number of benzene rings is 4. The fraction of sp³-hybridized carbons (Fsp3) is 0.364. The van der Waals surface area contributed by atoms with Crippen molar-refractivity contribution in [3.05, 3.63) is 132 Å². The summed E-state index contributed by atoms with van der Waals surface area (Å²) < 4.78 is 12.3. The quantitative estimate of drug-likeness (QED) is 0.0901. The van der Waals surface area contributed by atoms with E-state index >= 15 is 0 Å². The molecule has 4 aromatic carbocycles. The number of rotatable bonds is 18. The maximum absolute atomic E-state index is 9.90. The molecule has 0 radical (unpaired) electrons. The fourth-order valence-electron chi connectivity index (χ4n) is 6.84. The van der Waals surface area contributed by atoms with E-state index in [4.69, 9.17) is 9.47 Å². The van der Waals surface area contributed by atoms with Gasteiger partial charge in [-0.25, -0.2) is 9.97 Å². The van der Waals surface area contributed by atoms with E-state index in [1.165, 1.54) is 67.1 Å². The average Bonchev–Trinajstić information content (AvgIpc) is 3.13. The third kappa shape index (κ3) is 9.23. The summed E-state index contributed by atoms with van der Waals surface area (Å²) in [5, 5.41) is 19.8. The number of hydrogen-bond acceptors (Lipinski definition) is 6. The molecule has 6 nitrogen and oxygen atoms in total. The molecule has 0 saturated carbocycles. The Balaban J connectivity index is 1.28. The van der Waals surface area contributed by atoms with Gasteiger partial charge >= 0.3 is 0 Å². The van der Waals surface area contributed by atoms with Crippen LogP contribution in [0.15, 0.2) is 109 Å². The highest BCUT2D eigenvalue weighted by Crippen LogP contribution is 2.40. The lowest BCUT2D eigenvalue weighted by Gasteiger charge is -2.31. The van der Waals surface area contributed by atoms with Crippen LogP contribution in [0.5, 0.6) is 34.8 Å². The first-order chi connectivity index (χ1) is 24.2. The molecule has 2 unspecified atom stereocenters. The second kappa shape index (κ2) is 17.2. The molecule has 0 fully saturated rings. The van der Waals surface area contributed by atoms with Crippen molar-refractivity contribution in [3.63, 3.8) is 0 Å². The maximum atomic E-state index is 9.90. The largest absolute Gasteiger partial charge is 0.508 e. The highest BCUT2D eigenvalue weighted by Gasteiger charge is 2.30. The number of hydrogen-bond donors (Lipinski definition) is 2. The predicted octanol–water partition coefficient (Wildman–Crippen LogP) is 12.0. The first-order valence-electron chi connectivity index (χ1n) is 18.2. The number of phenolic OH excluding ortho intramolecular Hbond substituents is 2. The molecule has 0 aliphatic heterocycles. The number of aromatic nitrogens is 2. The molecule has 0 aliphatic carbocycles. The molecule has 1 aromatic heterocycles. The first kappa shape index (κ1) is 36.4. The van der Waals surface area contributed by atoms with Crippen molar-refractivity contribution in [3.8, 4) is 34.8 Å². The van der Waals surface area contributed by atoms with E-state index in [0.29, 0.717) is 23.3 Å². The summed E-state index contributed by atoms with van der Waals surface area (Å²) in [4.78, 5) is 8.67. The Hall–Kier alpha value is -4.84. The second-order valence-corrected chi connectivity index (χ2v) is 13.8. The predicted molar refractivity (Wildman–Crippen MR) is 202 cm³/mol. The van der Waals surface area contributed by atoms with Crippen molar-refractivity contribution in [2.75, 3.05) is 0 Å². The van der Waals surface area contributed by atoms with Gasteiger partial charge in [-0.15, -0.1) is 0 Å². The molecular formula is C44H52N2O4. The van der Waals surface area contributed by atoms with Crippen LogP contribution in [-0.2, 0) is 10.8 Å². The third-order valence-corrected chi connectivity index (χ3v) is 10.1. The summed E-state index contributed by atoms with van der Waals surface area (Å²) in [6, 6.07) is 33.3. The van der Waals surface area contributed by atoms with Crippen molar-refractivity contribution in [1.29, 1.82) is 0 Å². The van der Waals surface area contributed by atoms with Gasteiger partial charge in [-0.3, -0.25) is 0 Å². The van der Waals surface area contributed by atoms with Crippen molar-refractivity contribution in [1.82, 2.24) is 9.97 Å². The van der Waals surface area contributed by atoms with Crippen LogP contribution < -0.4 is 9.47 Å². The summed E-state index contributed by atoms with van der Waals surface area (Å²) in [5.41, 5.74) is 4.38. The van der Waals surface area contributed by atoms with E-state index in [9.17, 15) is 10.2 Å². The third-order valence-electron chi connectivity index (χ3n) is 10.1. The van der Waals surface area contributed by atoms with Crippen LogP contribution in [0.25, 0.3) is 0 Å². The van der Waals surface area contributed by atoms with Gasteiger partial charge in [0.25, 0.3) is 0 Å². The Morgan fingerprint density at radius 1 is 0.480 bits per heavy atom. The minimum atomic E-state index is -0.192. The van der Waals surface area contributed by atoms with Gasteiger partial charge in [0.05, 0.1) is 6.07 Å². The fourth-order valence-corrected chi connectivity index (χ4v) is 6.84. The Labute approximate surface area is 298 Å². The summed E-state index contributed by atoms with van der Waals surface area (Å²) in [7, 11) is 0. The zero-order valence-corrected chi connectivity index (χ0v) is 30.1. The molecule has 0 aliphatic rings. The van der Waals surface area contributed by atoms with Crippen LogP contribution in [0, 0.1) is 0 Å². The molecule has 1 heterocycles. The molecule has 50 heavy (non-hydrogen) atoms. The molecule has 0 bridgehead atoms. The lowest BCUT2D eigenvalue weighted by atomic mass is 9.72. The second-order valence-electron chi connectivity index (χ2n) is 13.8. The molecule has 5 aromatic rings. The Morgan fingerprint density at radius 2 is 0.820 bits per heavy atom. The van der Waals surface area contributed by atoms with Gasteiger partial charge in [0.1, 0.15) is 29.3 Å². The van der Waals surface area contributed by atoms with E-state index in [1.807, 2.05) is 48.5 Å². The zero-order chi connectivity index (χ0) is 35.4. The van der Waals surface area contributed by atoms with Gasteiger partial charge in [-0.05, 0) is 83.6 Å². The molecule has 6 heteroatoms. The van der Waals surface area contributed by atoms with Gasteiger partial charge in [0.15, 0.2) is 0 Å². The molecular weight excluding hydrogens is 620 g/mol. The number of unbranched alkanes of at least 4 members (excludes halogenated alkanes) is 6. The van der Waals surface area contributed by atoms with Gasteiger partial charge in [0, 0.05) is 10.8 Å². The van der Waals surface area contributed by atoms with Crippen LogP contribution in [0.1, 0.15) is 114 Å². The van der Waals surface area contributed by atoms with Crippen LogP contribution in [0.4, 0.5) is 0 Å². The van der Waals surface area contributed by atoms with Gasteiger partial charge in [-0.1, -0.05) is 128 Å². The molecule has 5 rings (SSSR count). The SMILES string of the molecule is CCCCCCC(C)(c1ccc(O)cc1)c1ccc(Oc2cc(Oc3ccc(C(C)(CCCCCC)c4ccc(O)cc4)cc3)ncn2)cc1. The van der Waals surface area contributed by atoms with E-state index in [2.05, 4.69) is 61.9 Å². The summed E-state index contributed by atoms with van der Waals surface area (Å²) in [5.74, 6) is 2.69. The minimum Gasteiger partial charge on any atom is -0.508 e. The summed E-state index contributed by atoms with van der Waals surface area (Å²) >= 11 is 0. The molecule has 0 amide bonds. The van der Waals surface area contributed by atoms with Crippen LogP contribution in [0.2, 0.25) is 0 Å².